The molecule has 0 aromatic rings. The highest BCUT2D eigenvalue weighted by molar-refractivity contribution is 6.02. The minimum Gasteiger partial charge on any atom is -0.393 e. The van der Waals surface area contributed by atoms with E-state index in [2.05, 4.69) is 27.4 Å². The lowest BCUT2D eigenvalue weighted by molar-refractivity contribution is -0.111. The average molecular weight is 326 g/mol. The normalized spacial score (nSPS) is 47.5. The maximum absolute atomic E-state index is 12.2. The number of aliphatic hydroxyl groups is 1. The SMILES string of the molecule is C=C1C[C@@H]2[C@H](CC[C@]3(C)[C@@H](O)CC[C@@H]23)[C@@]2(C)C(CC)=CC(=O)C=C12. The molecule has 0 bridgehead atoms. The molecule has 0 unspecified atom stereocenters. The third-order valence-electron chi connectivity index (χ3n) is 8.20. The summed E-state index contributed by atoms with van der Waals surface area (Å²) in [4.78, 5) is 12.2. The van der Waals surface area contributed by atoms with Crippen LogP contribution in [0.3, 0.4) is 0 Å². The third kappa shape index (κ3) is 1.89. The first-order chi connectivity index (χ1) is 11.3. The lowest BCUT2D eigenvalue weighted by Crippen LogP contribution is -2.52. The van der Waals surface area contributed by atoms with Crippen molar-refractivity contribution in [2.75, 3.05) is 0 Å². The summed E-state index contributed by atoms with van der Waals surface area (Å²) in [6.07, 6.45) is 9.89. The van der Waals surface area contributed by atoms with Crippen molar-refractivity contribution >= 4 is 5.78 Å². The Bertz CT molecular complexity index is 669. The van der Waals surface area contributed by atoms with Crippen molar-refractivity contribution in [1.29, 1.82) is 0 Å². The van der Waals surface area contributed by atoms with E-state index >= 15 is 0 Å². The molecule has 0 spiro atoms. The molecule has 0 amide bonds. The molecule has 4 aliphatic carbocycles. The third-order valence-corrected chi connectivity index (χ3v) is 8.20. The van der Waals surface area contributed by atoms with Gasteiger partial charge in [0.15, 0.2) is 5.78 Å². The van der Waals surface area contributed by atoms with Gasteiger partial charge in [0.25, 0.3) is 0 Å². The quantitative estimate of drug-likeness (QED) is 0.764. The highest BCUT2D eigenvalue weighted by Gasteiger charge is 2.60. The first-order valence-corrected chi connectivity index (χ1v) is 9.65. The molecule has 1 N–H and O–H groups in total. The zero-order valence-corrected chi connectivity index (χ0v) is 15.3. The van der Waals surface area contributed by atoms with E-state index in [1.165, 1.54) is 11.1 Å². The molecule has 4 aliphatic rings. The number of fused-ring (bicyclic) bond motifs is 5. The molecule has 3 fully saturated rings. The summed E-state index contributed by atoms with van der Waals surface area (Å²) in [7, 11) is 0. The van der Waals surface area contributed by atoms with E-state index in [0.29, 0.717) is 17.8 Å². The predicted octanol–water partition coefficient (Wildman–Crippen LogP) is 4.60. The summed E-state index contributed by atoms with van der Waals surface area (Å²) < 4.78 is 0. The van der Waals surface area contributed by atoms with Gasteiger partial charge in [0.2, 0.25) is 0 Å². The van der Waals surface area contributed by atoms with E-state index in [-0.39, 0.29) is 22.7 Å². The minimum absolute atomic E-state index is 0.0302. The summed E-state index contributed by atoms with van der Waals surface area (Å²) in [5.74, 6) is 1.91. The van der Waals surface area contributed by atoms with Crippen LogP contribution in [0, 0.1) is 28.6 Å². The molecule has 2 nitrogen and oxygen atoms in total. The average Bonchev–Trinajstić information content (AvgIpc) is 2.84. The van der Waals surface area contributed by atoms with Crippen molar-refractivity contribution in [3.05, 3.63) is 35.5 Å². The van der Waals surface area contributed by atoms with Crippen LogP contribution < -0.4 is 0 Å². The van der Waals surface area contributed by atoms with Crippen LogP contribution in [0.4, 0.5) is 0 Å². The number of rotatable bonds is 1. The Hall–Kier alpha value is -1.15. The Labute approximate surface area is 145 Å². The molecule has 4 rings (SSSR count). The summed E-state index contributed by atoms with van der Waals surface area (Å²) in [5, 5.41) is 10.6. The van der Waals surface area contributed by atoms with Crippen LogP contribution in [0.5, 0.6) is 0 Å². The van der Waals surface area contributed by atoms with Crippen LogP contribution in [0.25, 0.3) is 0 Å². The van der Waals surface area contributed by atoms with Gasteiger partial charge in [-0.1, -0.05) is 38.5 Å². The molecule has 0 radical (unpaired) electrons. The summed E-state index contributed by atoms with van der Waals surface area (Å²) >= 11 is 0. The van der Waals surface area contributed by atoms with Gasteiger partial charge in [-0.2, -0.15) is 0 Å². The van der Waals surface area contributed by atoms with Crippen LogP contribution in [-0.2, 0) is 4.79 Å². The van der Waals surface area contributed by atoms with E-state index in [1.54, 1.807) is 0 Å². The molecule has 0 aromatic heterocycles. The van der Waals surface area contributed by atoms with Crippen molar-refractivity contribution in [2.24, 2.45) is 28.6 Å². The molecule has 0 heterocycles. The fourth-order valence-corrected chi connectivity index (χ4v) is 6.86. The van der Waals surface area contributed by atoms with Crippen molar-refractivity contribution in [3.63, 3.8) is 0 Å². The maximum atomic E-state index is 12.2. The van der Waals surface area contributed by atoms with Gasteiger partial charge in [0.05, 0.1) is 6.10 Å². The van der Waals surface area contributed by atoms with Gasteiger partial charge in [-0.3, -0.25) is 4.79 Å². The number of ketones is 1. The molecule has 24 heavy (non-hydrogen) atoms. The van der Waals surface area contributed by atoms with Gasteiger partial charge in [-0.25, -0.2) is 0 Å². The summed E-state index contributed by atoms with van der Waals surface area (Å²) in [6.45, 7) is 11.2. The molecule has 130 valence electrons. The lowest BCUT2D eigenvalue weighted by atomic mass is 9.46. The summed E-state index contributed by atoms with van der Waals surface area (Å²) in [5.41, 5.74) is 3.71. The molecule has 0 aliphatic heterocycles. The highest BCUT2D eigenvalue weighted by Crippen LogP contribution is 2.66. The second-order valence-corrected chi connectivity index (χ2v) is 9.01. The number of aliphatic hydroxyl groups excluding tert-OH is 1. The van der Waals surface area contributed by atoms with Crippen molar-refractivity contribution < 1.29 is 9.90 Å². The number of hydrogen-bond acceptors (Lipinski definition) is 2. The van der Waals surface area contributed by atoms with Crippen molar-refractivity contribution in [3.8, 4) is 0 Å². The van der Waals surface area contributed by atoms with Crippen LogP contribution in [0.15, 0.2) is 35.5 Å². The minimum atomic E-state index is -0.143. The fraction of sp³-hybridized carbons (Fsp3) is 0.682. The topological polar surface area (TPSA) is 37.3 Å². The van der Waals surface area contributed by atoms with E-state index in [9.17, 15) is 9.90 Å². The van der Waals surface area contributed by atoms with Gasteiger partial charge in [-0.05, 0) is 79.4 Å². The molecule has 0 aromatic carbocycles. The Morgan fingerprint density at radius 1 is 1.21 bits per heavy atom. The predicted molar refractivity (Wildman–Crippen MR) is 96.4 cm³/mol. The van der Waals surface area contributed by atoms with Crippen molar-refractivity contribution in [2.45, 2.75) is 65.4 Å². The number of hydrogen-bond donors (Lipinski definition) is 1. The largest absolute Gasteiger partial charge is 0.393 e. The zero-order valence-electron chi connectivity index (χ0n) is 15.3. The molecule has 6 atom stereocenters. The molecule has 0 saturated heterocycles. The van der Waals surface area contributed by atoms with Crippen LogP contribution >= 0.6 is 0 Å². The molecule has 2 heteroatoms. The van der Waals surface area contributed by atoms with E-state index < -0.39 is 0 Å². The Morgan fingerprint density at radius 2 is 1.96 bits per heavy atom. The van der Waals surface area contributed by atoms with E-state index in [0.717, 1.165) is 44.1 Å². The standard InChI is InChI=1S/C22H30O2/c1-5-14-11-15(23)12-19-13(2)10-16-17-6-7-20(24)21(17,3)9-8-18(16)22(14,19)4/h11-12,16-18,20,24H,2,5-10H2,1,3-4H3/t16-,17-,18-,20-,21-,22+/m0/s1. The van der Waals surface area contributed by atoms with Gasteiger partial charge in [0, 0.05) is 5.41 Å². The first-order valence-electron chi connectivity index (χ1n) is 9.65. The number of carbonyl (C=O) groups excluding carboxylic acids is 1. The first kappa shape index (κ1) is 16.3. The monoisotopic (exact) mass is 326 g/mol. The molecular formula is C22H30O2. The molecular weight excluding hydrogens is 296 g/mol. The van der Waals surface area contributed by atoms with Crippen LogP contribution in [-0.4, -0.2) is 17.0 Å². The summed E-state index contributed by atoms with van der Waals surface area (Å²) in [6, 6.07) is 0. The highest BCUT2D eigenvalue weighted by atomic mass is 16.3. The van der Waals surface area contributed by atoms with Crippen molar-refractivity contribution in [1.82, 2.24) is 0 Å². The Balaban J connectivity index is 1.80. The fourth-order valence-electron chi connectivity index (χ4n) is 6.86. The van der Waals surface area contributed by atoms with Gasteiger partial charge < -0.3 is 5.11 Å². The second-order valence-electron chi connectivity index (χ2n) is 9.01. The van der Waals surface area contributed by atoms with Gasteiger partial charge in [0.1, 0.15) is 0 Å². The van der Waals surface area contributed by atoms with E-state index in [4.69, 9.17) is 0 Å². The number of allylic oxidation sites excluding steroid dienone is 5. The number of carbonyl (C=O) groups is 1. The van der Waals surface area contributed by atoms with Crippen LogP contribution in [0.1, 0.15) is 59.3 Å². The van der Waals surface area contributed by atoms with Gasteiger partial charge >= 0.3 is 0 Å². The second kappa shape index (κ2) is 5.17. The van der Waals surface area contributed by atoms with Gasteiger partial charge in [-0.15, -0.1) is 0 Å². The smallest absolute Gasteiger partial charge is 0.178 e. The maximum Gasteiger partial charge on any atom is 0.178 e. The Morgan fingerprint density at radius 3 is 2.67 bits per heavy atom. The van der Waals surface area contributed by atoms with Crippen LogP contribution in [0.2, 0.25) is 0 Å². The Kier molecular flexibility index (Phi) is 3.52. The lowest BCUT2D eigenvalue weighted by Gasteiger charge is -2.58. The zero-order chi connectivity index (χ0) is 17.3. The van der Waals surface area contributed by atoms with E-state index in [1.807, 2.05) is 12.2 Å². The molecule has 3 saturated carbocycles.